The summed E-state index contributed by atoms with van der Waals surface area (Å²) in [6.45, 7) is 2.13. The molecule has 0 N–H and O–H groups in total. The minimum Gasteiger partial charge on any atom is -0.463 e. The van der Waals surface area contributed by atoms with E-state index in [4.69, 9.17) is 4.74 Å². The summed E-state index contributed by atoms with van der Waals surface area (Å²) < 4.78 is 18.5. The molecule has 3 heteroatoms. The average molecular weight is 383 g/mol. The number of ether oxygens (including phenoxy) is 1. The van der Waals surface area contributed by atoms with Gasteiger partial charge in [0.1, 0.15) is 5.82 Å². The quantitative estimate of drug-likeness (QED) is 0.237. The van der Waals surface area contributed by atoms with Gasteiger partial charge in [0.2, 0.25) is 0 Å². The van der Waals surface area contributed by atoms with Gasteiger partial charge in [0, 0.05) is 6.08 Å². The summed E-state index contributed by atoms with van der Waals surface area (Å²) in [7, 11) is 0. The second-order valence-electron chi connectivity index (χ2n) is 7.04. The molecule has 0 spiro atoms. The molecule has 0 amide bonds. The first-order valence-electron chi connectivity index (χ1n) is 10.4. The van der Waals surface area contributed by atoms with E-state index in [0.717, 1.165) is 36.8 Å². The van der Waals surface area contributed by atoms with Crippen LogP contribution in [0.1, 0.15) is 62.1 Å². The van der Waals surface area contributed by atoms with Gasteiger partial charge in [-0.05, 0) is 67.5 Å². The topological polar surface area (TPSA) is 26.3 Å². The number of benzene rings is 2. The molecule has 0 aliphatic carbocycles. The van der Waals surface area contributed by atoms with E-state index in [0.29, 0.717) is 6.61 Å². The molecule has 2 nitrogen and oxygen atoms in total. The number of carbonyl (C=O) groups excluding carboxylic acids is 1. The fraction of sp³-hybridized carbons (Fsp3) is 0.400. The van der Waals surface area contributed by atoms with Gasteiger partial charge in [0.15, 0.2) is 0 Å². The minimum atomic E-state index is -0.367. The maximum absolute atomic E-state index is 13.6. The van der Waals surface area contributed by atoms with Crippen molar-refractivity contribution in [2.24, 2.45) is 0 Å². The number of halogens is 1. The Morgan fingerprint density at radius 1 is 0.929 bits per heavy atom. The zero-order valence-corrected chi connectivity index (χ0v) is 16.8. The molecular weight excluding hydrogens is 351 g/mol. The number of unbranched alkanes of at least 4 members (excludes halogenated alkanes) is 5. The van der Waals surface area contributed by atoms with Gasteiger partial charge in [0.05, 0.1) is 6.61 Å². The Kier molecular flexibility index (Phi) is 10.1. The summed E-state index contributed by atoms with van der Waals surface area (Å²) in [5.41, 5.74) is 3.25. The van der Waals surface area contributed by atoms with Crippen LogP contribution in [-0.4, -0.2) is 12.6 Å². The van der Waals surface area contributed by atoms with Crippen LogP contribution in [0.3, 0.4) is 0 Å². The smallest absolute Gasteiger partial charge is 0.330 e. The van der Waals surface area contributed by atoms with Crippen LogP contribution in [0.5, 0.6) is 0 Å². The molecule has 0 bridgehead atoms. The summed E-state index contributed by atoms with van der Waals surface area (Å²) in [6.07, 6.45) is 12.2. The second kappa shape index (κ2) is 12.9. The molecule has 0 aromatic heterocycles. The lowest BCUT2D eigenvalue weighted by atomic mass is 9.99. The Balaban J connectivity index is 1.67. The Labute approximate surface area is 168 Å². The van der Waals surface area contributed by atoms with Gasteiger partial charge >= 0.3 is 5.97 Å². The molecule has 28 heavy (non-hydrogen) atoms. The van der Waals surface area contributed by atoms with Crippen LogP contribution in [0.4, 0.5) is 4.39 Å². The summed E-state index contributed by atoms with van der Waals surface area (Å²) in [6, 6.07) is 15.4. The average Bonchev–Trinajstić information content (AvgIpc) is 2.70. The van der Waals surface area contributed by atoms with E-state index in [1.54, 1.807) is 25.1 Å². The number of aryl methyl sites for hydroxylation is 2. The maximum Gasteiger partial charge on any atom is 0.330 e. The number of esters is 1. The van der Waals surface area contributed by atoms with E-state index in [1.807, 2.05) is 0 Å². The number of rotatable bonds is 12. The first kappa shape index (κ1) is 21.9. The van der Waals surface area contributed by atoms with Crippen molar-refractivity contribution in [2.75, 3.05) is 6.61 Å². The highest BCUT2D eigenvalue weighted by atomic mass is 19.1. The van der Waals surface area contributed by atoms with Gasteiger partial charge in [-0.1, -0.05) is 62.1 Å². The van der Waals surface area contributed by atoms with Crippen LogP contribution in [0.25, 0.3) is 6.08 Å². The molecule has 0 saturated carbocycles. The van der Waals surface area contributed by atoms with Crippen molar-refractivity contribution in [3.05, 3.63) is 77.1 Å². The molecule has 0 unspecified atom stereocenters. The Morgan fingerprint density at radius 2 is 1.61 bits per heavy atom. The summed E-state index contributed by atoms with van der Waals surface area (Å²) >= 11 is 0. The standard InChI is InChI=1S/C25H31FO2/c1-2-28-25(27)19-17-22-16-18-24(26)20-23(22)15-11-6-4-3-5-8-12-21-13-9-7-10-14-21/h7,9-10,13-14,16-20H,2-6,8,11-12,15H2,1H3. The molecule has 2 rings (SSSR count). The van der Waals surface area contributed by atoms with Crippen molar-refractivity contribution in [1.82, 2.24) is 0 Å². The van der Waals surface area contributed by atoms with Crippen LogP contribution in [0.2, 0.25) is 0 Å². The third kappa shape index (κ3) is 8.51. The molecule has 0 aliphatic rings. The Morgan fingerprint density at radius 3 is 2.32 bits per heavy atom. The fourth-order valence-electron chi connectivity index (χ4n) is 3.30. The van der Waals surface area contributed by atoms with E-state index in [9.17, 15) is 9.18 Å². The van der Waals surface area contributed by atoms with Crippen molar-refractivity contribution in [2.45, 2.75) is 58.3 Å². The summed E-state index contributed by atoms with van der Waals surface area (Å²) in [5.74, 6) is -0.600. The van der Waals surface area contributed by atoms with Gasteiger partial charge < -0.3 is 4.74 Å². The molecule has 2 aromatic rings. The monoisotopic (exact) mass is 382 g/mol. The van der Waals surface area contributed by atoms with Gasteiger partial charge in [-0.15, -0.1) is 0 Å². The van der Waals surface area contributed by atoms with Crippen LogP contribution in [-0.2, 0) is 22.4 Å². The molecule has 0 fully saturated rings. The summed E-state index contributed by atoms with van der Waals surface area (Å²) in [4.78, 5) is 11.5. The van der Waals surface area contributed by atoms with Crippen molar-refractivity contribution >= 4 is 12.0 Å². The Hall–Kier alpha value is -2.42. The highest BCUT2D eigenvalue weighted by molar-refractivity contribution is 5.87. The van der Waals surface area contributed by atoms with Crippen molar-refractivity contribution in [3.63, 3.8) is 0 Å². The van der Waals surface area contributed by atoms with Crippen molar-refractivity contribution < 1.29 is 13.9 Å². The highest BCUT2D eigenvalue weighted by Gasteiger charge is 2.04. The first-order chi connectivity index (χ1) is 13.7. The maximum atomic E-state index is 13.6. The zero-order chi connectivity index (χ0) is 20.0. The largest absolute Gasteiger partial charge is 0.463 e. The molecule has 0 saturated heterocycles. The molecule has 0 heterocycles. The highest BCUT2D eigenvalue weighted by Crippen LogP contribution is 2.18. The van der Waals surface area contributed by atoms with Crippen LogP contribution >= 0.6 is 0 Å². The molecule has 0 aliphatic heterocycles. The minimum absolute atomic E-state index is 0.232. The SMILES string of the molecule is CCOC(=O)C=Cc1ccc(F)cc1CCCCCCCCc1ccccc1. The van der Waals surface area contributed by atoms with Crippen LogP contribution in [0, 0.1) is 5.82 Å². The second-order valence-corrected chi connectivity index (χ2v) is 7.04. The third-order valence-electron chi connectivity index (χ3n) is 4.79. The number of hydrogen-bond acceptors (Lipinski definition) is 2. The predicted octanol–water partition coefficient (Wildman–Crippen LogP) is 6.53. The molecular formula is C25H31FO2. The van der Waals surface area contributed by atoms with Crippen LogP contribution < -0.4 is 0 Å². The Bertz CT molecular complexity index is 737. The molecule has 0 radical (unpaired) electrons. The zero-order valence-electron chi connectivity index (χ0n) is 16.8. The lowest BCUT2D eigenvalue weighted by Gasteiger charge is -2.07. The summed E-state index contributed by atoms with van der Waals surface area (Å²) in [5, 5.41) is 0. The van der Waals surface area contributed by atoms with Crippen LogP contribution in [0.15, 0.2) is 54.6 Å². The van der Waals surface area contributed by atoms with Gasteiger partial charge in [-0.25, -0.2) is 9.18 Å². The lowest BCUT2D eigenvalue weighted by molar-refractivity contribution is -0.137. The first-order valence-corrected chi connectivity index (χ1v) is 10.4. The third-order valence-corrected chi connectivity index (χ3v) is 4.79. The van der Waals surface area contributed by atoms with Gasteiger partial charge in [0.25, 0.3) is 0 Å². The number of hydrogen-bond donors (Lipinski definition) is 0. The van der Waals surface area contributed by atoms with E-state index in [1.165, 1.54) is 43.4 Å². The molecule has 2 aromatic carbocycles. The van der Waals surface area contributed by atoms with Gasteiger partial charge in [-0.2, -0.15) is 0 Å². The molecule has 150 valence electrons. The fourth-order valence-corrected chi connectivity index (χ4v) is 3.30. The van der Waals surface area contributed by atoms with E-state index >= 15 is 0 Å². The van der Waals surface area contributed by atoms with Crippen molar-refractivity contribution in [3.8, 4) is 0 Å². The van der Waals surface area contributed by atoms with E-state index in [-0.39, 0.29) is 11.8 Å². The van der Waals surface area contributed by atoms with Gasteiger partial charge in [-0.3, -0.25) is 0 Å². The van der Waals surface area contributed by atoms with E-state index in [2.05, 4.69) is 30.3 Å². The van der Waals surface area contributed by atoms with Crippen molar-refractivity contribution in [1.29, 1.82) is 0 Å². The lowest BCUT2D eigenvalue weighted by Crippen LogP contribution is -1.99. The predicted molar refractivity (Wildman–Crippen MR) is 114 cm³/mol. The number of carbonyl (C=O) groups is 1. The van der Waals surface area contributed by atoms with E-state index < -0.39 is 0 Å². The molecule has 0 atom stereocenters. The normalized spacial score (nSPS) is 11.1.